The Hall–Kier alpha value is -2.06. The van der Waals surface area contributed by atoms with Crippen molar-refractivity contribution < 1.29 is 9.90 Å². The van der Waals surface area contributed by atoms with Gasteiger partial charge < -0.3 is 9.67 Å². The van der Waals surface area contributed by atoms with Crippen LogP contribution in [0.2, 0.25) is 0 Å². The number of carbonyl (C=O) groups is 1. The van der Waals surface area contributed by atoms with E-state index in [2.05, 4.69) is 16.8 Å². The number of aromatic carboxylic acids is 1. The van der Waals surface area contributed by atoms with Crippen LogP contribution in [0, 0.1) is 11.8 Å². The number of rotatable bonds is 2. The largest absolute Gasteiger partial charge is 0.477 e. The molecule has 2 heterocycles. The fraction of sp³-hybridized carbons (Fsp3) is 0.0909. The summed E-state index contributed by atoms with van der Waals surface area (Å²) in [5.41, 5.74) is 0.738. The van der Waals surface area contributed by atoms with Gasteiger partial charge in [-0.3, -0.25) is 0 Å². The maximum atomic E-state index is 10.6. The van der Waals surface area contributed by atoms with Crippen LogP contribution in [0.15, 0.2) is 30.2 Å². The van der Waals surface area contributed by atoms with E-state index in [1.807, 2.05) is 10.8 Å². The molecule has 2 aromatic rings. The van der Waals surface area contributed by atoms with Crippen LogP contribution >= 0.6 is 11.3 Å². The van der Waals surface area contributed by atoms with Crippen molar-refractivity contribution in [2.24, 2.45) is 0 Å². The molecule has 2 rings (SSSR count). The topological polar surface area (TPSA) is 55.1 Å². The number of nitrogens with zero attached hydrogens (tertiary/aromatic N) is 2. The Morgan fingerprint density at radius 1 is 1.62 bits per heavy atom. The van der Waals surface area contributed by atoms with Crippen molar-refractivity contribution in [1.29, 1.82) is 0 Å². The van der Waals surface area contributed by atoms with Crippen LogP contribution in [0.4, 0.5) is 0 Å². The van der Waals surface area contributed by atoms with Crippen molar-refractivity contribution >= 4 is 17.3 Å². The van der Waals surface area contributed by atoms with Gasteiger partial charge >= 0.3 is 5.97 Å². The number of hydrogen-bond acceptors (Lipinski definition) is 3. The monoisotopic (exact) mass is 232 g/mol. The van der Waals surface area contributed by atoms with Crippen molar-refractivity contribution in [2.75, 3.05) is 0 Å². The van der Waals surface area contributed by atoms with E-state index in [0.717, 1.165) is 5.56 Å². The zero-order chi connectivity index (χ0) is 11.4. The molecule has 0 aliphatic carbocycles. The van der Waals surface area contributed by atoms with Crippen molar-refractivity contribution in [3.05, 3.63) is 40.6 Å². The fourth-order valence-electron chi connectivity index (χ4n) is 1.13. The molecule has 0 spiro atoms. The van der Waals surface area contributed by atoms with Gasteiger partial charge in [0.2, 0.25) is 0 Å². The molecular weight excluding hydrogens is 224 g/mol. The Balaban J connectivity index is 2.03. The molecule has 1 N–H and O–H groups in total. The molecule has 0 unspecified atom stereocenters. The second kappa shape index (κ2) is 4.64. The first kappa shape index (κ1) is 10.5. The quantitative estimate of drug-likeness (QED) is 0.802. The van der Waals surface area contributed by atoms with E-state index in [1.54, 1.807) is 24.0 Å². The lowest BCUT2D eigenvalue weighted by Crippen LogP contribution is -1.90. The lowest BCUT2D eigenvalue weighted by atomic mass is 10.3. The molecule has 0 aliphatic rings. The highest BCUT2D eigenvalue weighted by Crippen LogP contribution is 2.13. The van der Waals surface area contributed by atoms with E-state index < -0.39 is 5.97 Å². The summed E-state index contributed by atoms with van der Waals surface area (Å²) in [6.45, 7) is 0.554. The summed E-state index contributed by atoms with van der Waals surface area (Å²) >= 11 is 1.18. The summed E-state index contributed by atoms with van der Waals surface area (Å²) in [6, 6.07) is 1.58. The van der Waals surface area contributed by atoms with E-state index >= 15 is 0 Å². The molecule has 0 amide bonds. The van der Waals surface area contributed by atoms with E-state index in [0.29, 0.717) is 11.4 Å². The van der Waals surface area contributed by atoms with Crippen LogP contribution in [0.3, 0.4) is 0 Å². The fourth-order valence-corrected chi connectivity index (χ4v) is 1.80. The lowest BCUT2D eigenvalue weighted by molar-refractivity contribution is 0.0702. The molecule has 0 radical (unpaired) electrons. The normalized spacial score (nSPS) is 9.50. The Labute approximate surface area is 96.2 Å². The Bertz CT molecular complexity index is 546. The first-order chi connectivity index (χ1) is 7.75. The third-order valence-electron chi connectivity index (χ3n) is 1.86. The number of carboxylic acids is 1. The van der Waals surface area contributed by atoms with Gasteiger partial charge in [0.05, 0.1) is 12.9 Å². The molecule has 0 bridgehead atoms. The van der Waals surface area contributed by atoms with Gasteiger partial charge in [-0.25, -0.2) is 9.78 Å². The van der Waals surface area contributed by atoms with Crippen molar-refractivity contribution in [3.8, 4) is 11.8 Å². The number of hydrogen-bond donors (Lipinski definition) is 1. The summed E-state index contributed by atoms with van der Waals surface area (Å²) in [7, 11) is 0. The Kier molecular flexibility index (Phi) is 3.03. The van der Waals surface area contributed by atoms with Gasteiger partial charge in [-0.2, -0.15) is 0 Å². The SMILES string of the molecule is O=C(O)c1cc(C#CCn2ccnc2)cs1. The minimum Gasteiger partial charge on any atom is -0.477 e. The molecule has 4 nitrogen and oxygen atoms in total. The minimum absolute atomic E-state index is 0.312. The van der Waals surface area contributed by atoms with Crippen molar-refractivity contribution in [1.82, 2.24) is 9.55 Å². The van der Waals surface area contributed by atoms with E-state index in [4.69, 9.17) is 5.11 Å². The van der Waals surface area contributed by atoms with Crippen LogP contribution in [0.25, 0.3) is 0 Å². The molecule has 5 heteroatoms. The maximum Gasteiger partial charge on any atom is 0.345 e. The van der Waals surface area contributed by atoms with Crippen molar-refractivity contribution in [3.63, 3.8) is 0 Å². The van der Waals surface area contributed by atoms with Gasteiger partial charge in [0.25, 0.3) is 0 Å². The minimum atomic E-state index is -0.910. The zero-order valence-electron chi connectivity index (χ0n) is 8.25. The van der Waals surface area contributed by atoms with E-state index in [1.165, 1.54) is 11.3 Å². The van der Waals surface area contributed by atoms with E-state index in [9.17, 15) is 4.79 Å². The smallest absolute Gasteiger partial charge is 0.345 e. The first-order valence-corrected chi connectivity index (χ1v) is 5.40. The molecule has 0 saturated heterocycles. The van der Waals surface area contributed by atoms with Gasteiger partial charge in [-0.15, -0.1) is 11.3 Å². The number of imidazole rings is 1. The zero-order valence-corrected chi connectivity index (χ0v) is 9.07. The summed E-state index contributed by atoms with van der Waals surface area (Å²) in [6.07, 6.45) is 5.20. The van der Waals surface area contributed by atoms with Crippen LogP contribution in [-0.4, -0.2) is 20.6 Å². The number of aromatic nitrogens is 2. The highest BCUT2D eigenvalue weighted by molar-refractivity contribution is 7.12. The van der Waals surface area contributed by atoms with Gasteiger partial charge in [0.15, 0.2) is 0 Å². The molecule has 0 saturated carbocycles. The molecule has 2 aromatic heterocycles. The molecule has 0 aromatic carbocycles. The average Bonchev–Trinajstić information content (AvgIpc) is 2.87. The van der Waals surface area contributed by atoms with Crippen LogP contribution in [-0.2, 0) is 6.54 Å². The summed E-state index contributed by atoms with van der Waals surface area (Å²) in [5, 5.41) is 10.5. The lowest BCUT2D eigenvalue weighted by Gasteiger charge is -1.89. The summed E-state index contributed by atoms with van der Waals surface area (Å²) in [4.78, 5) is 14.8. The Morgan fingerprint density at radius 2 is 2.50 bits per heavy atom. The third kappa shape index (κ3) is 2.49. The standard InChI is InChI=1S/C11H8N2O2S/c14-11(15)10-6-9(7-16-10)2-1-4-13-5-3-12-8-13/h3,5-8H,4H2,(H,14,15). The molecule has 16 heavy (non-hydrogen) atoms. The number of carboxylic acid groups (broad SMARTS) is 1. The van der Waals surface area contributed by atoms with Gasteiger partial charge in [-0.1, -0.05) is 11.8 Å². The average molecular weight is 232 g/mol. The Morgan fingerprint density at radius 3 is 3.12 bits per heavy atom. The highest BCUT2D eigenvalue weighted by atomic mass is 32.1. The molecule has 0 aliphatic heterocycles. The van der Waals surface area contributed by atoms with Gasteiger partial charge in [0.1, 0.15) is 4.88 Å². The molecular formula is C11H8N2O2S. The van der Waals surface area contributed by atoms with Crippen LogP contribution < -0.4 is 0 Å². The second-order valence-electron chi connectivity index (χ2n) is 3.04. The van der Waals surface area contributed by atoms with Gasteiger partial charge in [0, 0.05) is 23.3 Å². The predicted octanol–water partition coefficient (Wildman–Crippen LogP) is 1.69. The number of thiophene rings is 1. The molecule has 80 valence electrons. The highest BCUT2D eigenvalue weighted by Gasteiger charge is 2.04. The van der Waals surface area contributed by atoms with Gasteiger partial charge in [-0.05, 0) is 6.07 Å². The maximum absolute atomic E-state index is 10.6. The first-order valence-electron chi connectivity index (χ1n) is 4.52. The predicted molar refractivity (Wildman–Crippen MR) is 60.4 cm³/mol. The molecule has 0 atom stereocenters. The molecule has 0 fully saturated rings. The van der Waals surface area contributed by atoms with Crippen LogP contribution in [0.1, 0.15) is 15.2 Å². The van der Waals surface area contributed by atoms with Crippen LogP contribution in [0.5, 0.6) is 0 Å². The second-order valence-corrected chi connectivity index (χ2v) is 3.95. The van der Waals surface area contributed by atoms with E-state index in [-0.39, 0.29) is 0 Å². The summed E-state index contributed by atoms with van der Waals surface area (Å²) < 4.78 is 1.84. The van der Waals surface area contributed by atoms with Crippen molar-refractivity contribution in [2.45, 2.75) is 6.54 Å². The third-order valence-corrected chi connectivity index (χ3v) is 2.78. The summed E-state index contributed by atoms with van der Waals surface area (Å²) in [5.74, 6) is 4.94.